The molecule has 0 aromatic heterocycles. The monoisotopic (exact) mass is 662 g/mol. The van der Waals surface area contributed by atoms with Crippen LogP contribution in [0.3, 0.4) is 0 Å². The minimum atomic E-state index is -1.29. The second-order valence-electron chi connectivity index (χ2n) is 14.1. The van der Waals surface area contributed by atoms with Gasteiger partial charge in [-0.2, -0.15) is 0 Å². The molecule has 0 amide bonds. The zero-order chi connectivity index (χ0) is 34.9. The Bertz CT molecular complexity index is 1180. The number of carbonyl (C=O) groups excluding carboxylic acids is 1. The third-order valence-corrected chi connectivity index (χ3v) is 9.75. The standard InChI is InChI=1S/C37H58O10/c1-22(10-8-11-23(2)14-16-28-24(3)12-9-18-37(28,6)7)13-15-27(40)17-19-44-33-26(5)35(43)45-30(21-39)34(33)47-36-25(4)31(41)32(42)29(20-38)46-36/h8,10-11,13-14,16,25-26,29-36,38-39,41-43H,9,12,15,17-21H2,1-7H3/b10-8+,16-14+,22-13+,23-11+/t25?,26?,29?,30?,31-,32+,33-,34+,35?,36+/m1/s1. The van der Waals surface area contributed by atoms with Crippen LogP contribution in [0.15, 0.2) is 58.7 Å². The van der Waals surface area contributed by atoms with Crippen LogP contribution < -0.4 is 0 Å². The molecule has 266 valence electrons. The minimum Gasteiger partial charge on any atom is -0.394 e. The lowest BCUT2D eigenvalue weighted by molar-refractivity contribution is -0.343. The van der Waals surface area contributed by atoms with Crippen LogP contribution in [0, 0.1) is 17.3 Å². The molecule has 0 radical (unpaired) electrons. The van der Waals surface area contributed by atoms with Gasteiger partial charge < -0.3 is 44.5 Å². The van der Waals surface area contributed by atoms with Crippen molar-refractivity contribution in [2.24, 2.45) is 17.3 Å². The first-order chi connectivity index (χ1) is 22.2. The molecule has 3 rings (SSSR count). The molecule has 10 nitrogen and oxygen atoms in total. The fourth-order valence-electron chi connectivity index (χ4n) is 6.53. The number of allylic oxidation sites excluding steroid dienone is 10. The van der Waals surface area contributed by atoms with E-state index in [0.29, 0.717) is 0 Å². The van der Waals surface area contributed by atoms with Gasteiger partial charge in [0.15, 0.2) is 12.6 Å². The summed E-state index contributed by atoms with van der Waals surface area (Å²) in [6, 6.07) is 0. The van der Waals surface area contributed by atoms with Gasteiger partial charge in [-0.25, -0.2) is 0 Å². The summed E-state index contributed by atoms with van der Waals surface area (Å²) >= 11 is 0. The molecule has 2 aliphatic heterocycles. The topological polar surface area (TPSA) is 155 Å². The highest BCUT2D eigenvalue weighted by Gasteiger charge is 2.49. The highest BCUT2D eigenvalue weighted by atomic mass is 16.7. The molecule has 0 saturated carbocycles. The average molecular weight is 663 g/mol. The summed E-state index contributed by atoms with van der Waals surface area (Å²) in [4.78, 5) is 12.7. The van der Waals surface area contributed by atoms with Crippen LogP contribution in [0.2, 0.25) is 0 Å². The van der Waals surface area contributed by atoms with E-state index in [-0.39, 0.29) is 30.6 Å². The quantitative estimate of drug-likeness (QED) is 0.172. The van der Waals surface area contributed by atoms with E-state index in [9.17, 15) is 30.3 Å². The molecular weight excluding hydrogens is 604 g/mol. The lowest BCUT2D eigenvalue weighted by atomic mass is 9.72. The number of carbonyl (C=O) groups is 1. The highest BCUT2D eigenvalue weighted by molar-refractivity contribution is 5.80. The Morgan fingerprint density at radius 2 is 1.66 bits per heavy atom. The van der Waals surface area contributed by atoms with E-state index in [2.05, 4.69) is 45.9 Å². The Kier molecular flexibility index (Phi) is 15.2. The summed E-state index contributed by atoms with van der Waals surface area (Å²) in [7, 11) is 0. The Morgan fingerprint density at radius 1 is 0.957 bits per heavy atom. The van der Waals surface area contributed by atoms with E-state index in [1.165, 1.54) is 24.0 Å². The van der Waals surface area contributed by atoms with Gasteiger partial charge in [-0.1, -0.05) is 80.9 Å². The molecule has 2 fully saturated rings. The molecule has 0 aromatic carbocycles. The van der Waals surface area contributed by atoms with Crippen molar-refractivity contribution in [2.45, 2.75) is 130 Å². The van der Waals surface area contributed by atoms with Gasteiger partial charge in [0.05, 0.1) is 32.0 Å². The van der Waals surface area contributed by atoms with Gasteiger partial charge in [0.2, 0.25) is 0 Å². The van der Waals surface area contributed by atoms with E-state index in [1.807, 2.05) is 25.2 Å². The Hall–Kier alpha value is -1.99. The molecule has 2 heterocycles. The zero-order valence-corrected chi connectivity index (χ0v) is 29.2. The Labute approximate surface area is 280 Å². The lowest BCUT2D eigenvalue weighted by Crippen LogP contribution is -2.61. The third-order valence-electron chi connectivity index (χ3n) is 9.75. The maximum Gasteiger partial charge on any atom is 0.163 e. The minimum absolute atomic E-state index is 0.0188. The van der Waals surface area contributed by atoms with Gasteiger partial charge in [0, 0.05) is 24.7 Å². The SMILES string of the molecule is CC1=C(/C=C/C(C)=C/C=C/C(C)=C/CC(=O)CCO[C@@H]2C(C)C(O)OC(CO)[C@@H]2O[C@@H]2OC(CO)[C@H](O)[C@H](O)C2C)C(C)(C)CCC1. The molecule has 10 atom stereocenters. The van der Waals surface area contributed by atoms with Crippen molar-refractivity contribution in [3.8, 4) is 0 Å². The highest BCUT2D eigenvalue weighted by Crippen LogP contribution is 2.41. The van der Waals surface area contributed by atoms with Crippen LogP contribution in [0.5, 0.6) is 0 Å². The number of ether oxygens (including phenoxy) is 4. The van der Waals surface area contributed by atoms with Crippen LogP contribution >= 0.6 is 0 Å². The first-order valence-corrected chi connectivity index (χ1v) is 17.0. The third kappa shape index (κ3) is 10.7. The summed E-state index contributed by atoms with van der Waals surface area (Å²) in [5, 5.41) is 50.7. The van der Waals surface area contributed by atoms with Crippen molar-refractivity contribution in [2.75, 3.05) is 19.8 Å². The number of ketones is 1. The van der Waals surface area contributed by atoms with E-state index in [1.54, 1.807) is 13.8 Å². The number of rotatable bonds is 14. The second kappa shape index (κ2) is 18.1. The predicted molar refractivity (Wildman–Crippen MR) is 179 cm³/mol. The molecule has 2 saturated heterocycles. The number of Topliss-reactive ketones (excluding diaryl/α,β-unsaturated/α-hetero) is 1. The van der Waals surface area contributed by atoms with Gasteiger partial charge >= 0.3 is 0 Å². The van der Waals surface area contributed by atoms with Crippen molar-refractivity contribution in [3.63, 3.8) is 0 Å². The second-order valence-corrected chi connectivity index (χ2v) is 14.1. The molecule has 0 bridgehead atoms. The van der Waals surface area contributed by atoms with Crippen LogP contribution in [0.25, 0.3) is 0 Å². The molecule has 0 spiro atoms. The van der Waals surface area contributed by atoms with Gasteiger partial charge in [0.1, 0.15) is 30.2 Å². The summed E-state index contributed by atoms with van der Waals surface area (Å²) < 4.78 is 23.5. The van der Waals surface area contributed by atoms with E-state index >= 15 is 0 Å². The molecule has 1 aliphatic carbocycles. The molecule has 5 unspecified atom stereocenters. The fraction of sp³-hybridized carbons (Fsp3) is 0.703. The van der Waals surface area contributed by atoms with E-state index in [4.69, 9.17) is 18.9 Å². The van der Waals surface area contributed by atoms with Gasteiger partial charge in [-0.05, 0) is 51.0 Å². The fourth-order valence-corrected chi connectivity index (χ4v) is 6.53. The van der Waals surface area contributed by atoms with E-state index < -0.39 is 74.3 Å². The number of hydrogen-bond acceptors (Lipinski definition) is 10. The van der Waals surface area contributed by atoms with Gasteiger partial charge in [-0.3, -0.25) is 4.79 Å². The van der Waals surface area contributed by atoms with Crippen molar-refractivity contribution in [3.05, 3.63) is 58.7 Å². The number of aliphatic hydroxyl groups excluding tert-OH is 5. The maximum absolute atomic E-state index is 12.7. The van der Waals surface area contributed by atoms with Crippen LogP contribution in [-0.4, -0.2) is 100 Å². The molecule has 47 heavy (non-hydrogen) atoms. The Morgan fingerprint density at radius 3 is 2.32 bits per heavy atom. The number of hydrogen-bond donors (Lipinski definition) is 5. The summed E-state index contributed by atoms with van der Waals surface area (Å²) in [6.45, 7) is 13.3. The molecular formula is C37H58O10. The summed E-state index contributed by atoms with van der Waals surface area (Å²) in [5.41, 5.74) is 5.22. The smallest absolute Gasteiger partial charge is 0.163 e. The normalized spacial score (nSPS) is 35.7. The first kappa shape index (κ1) is 39.4. The molecule has 5 N–H and O–H groups in total. The van der Waals surface area contributed by atoms with E-state index in [0.717, 1.165) is 17.6 Å². The number of aliphatic hydroxyl groups is 5. The molecule has 0 aromatic rings. The zero-order valence-electron chi connectivity index (χ0n) is 29.2. The van der Waals surface area contributed by atoms with Gasteiger partial charge in [0.25, 0.3) is 0 Å². The van der Waals surface area contributed by atoms with Crippen molar-refractivity contribution in [1.29, 1.82) is 0 Å². The van der Waals surface area contributed by atoms with Crippen LogP contribution in [0.4, 0.5) is 0 Å². The first-order valence-electron chi connectivity index (χ1n) is 17.0. The maximum atomic E-state index is 12.7. The van der Waals surface area contributed by atoms with Crippen molar-refractivity contribution < 1.29 is 49.3 Å². The Balaban J connectivity index is 1.54. The largest absolute Gasteiger partial charge is 0.394 e. The van der Waals surface area contributed by atoms with Gasteiger partial charge in [-0.15, -0.1) is 0 Å². The lowest BCUT2D eigenvalue weighted by Gasteiger charge is -2.47. The molecule has 3 aliphatic rings. The summed E-state index contributed by atoms with van der Waals surface area (Å²) in [6.07, 6.45) is 7.79. The van der Waals surface area contributed by atoms with Crippen molar-refractivity contribution >= 4 is 5.78 Å². The van der Waals surface area contributed by atoms with Crippen LogP contribution in [0.1, 0.15) is 80.6 Å². The van der Waals surface area contributed by atoms with Crippen molar-refractivity contribution in [1.82, 2.24) is 0 Å². The average Bonchev–Trinajstić information content (AvgIpc) is 3.02. The molecule has 10 heteroatoms. The summed E-state index contributed by atoms with van der Waals surface area (Å²) in [5.74, 6) is -1.27. The predicted octanol–water partition coefficient (Wildman–Crippen LogP) is 4.06. The van der Waals surface area contributed by atoms with Crippen LogP contribution in [-0.2, 0) is 23.7 Å².